The van der Waals surface area contributed by atoms with Crippen LogP contribution < -0.4 is 33.7 Å². The molecular formula is C37H40N2O7. The highest BCUT2D eigenvalue weighted by molar-refractivity contribution is 5.69. The third kappa shape index (κ3) is 5.23. The Kier molecular flexibility index (Phi) is 8.04. The van der Waals surface area contributed by atoms with Crippen molar-refractivity contribution in [2.24, 2.45) is 0 Å². The van der Waals surface area contributed by atoms with Gasteiger partial charge in [-0.15, -0.1) is 0 Å². The molecule has 9 nitrogen and oxygen atoms in total. The molecule has 0 fully saturated rings. The fourth-order valence-corrected chi connectivity index (χ4v) is 7.14. The highest BCUT2D eigenvalue weighted by atomic mass is 16.5. The van der Waals surface area contributed by atoms with E-state index >= 15 is 0 Å². The maximum absolute atomic E-state index is 11.5. The molecule has 0 amide bonds. The third-order valence-electron chi connectivity index (χ3n) is 9.52. The molecule has 0 spiro atoms. The number of phenols is 1. The molecule has 4 aliphatic rings. The zero-order valence-electron chi connectivity index (χ0n) is 26.9. The lowest BCUT2D eigenvalue weighted by molar-refractivity contribution is 0.228. The summed E-state index contributed by atoms with van der Waals surface area (Å²) in [6, 6.07) is 18.4. The van der Waals surface area contributed by atoms with Gasteiger partial charge in [-0.1, -0.05) is 18.2 Å². The molecule has 4 aromatic carbocycles. The average molecular weight is 625 g/mol. The van der Waals surface area contributed by atoms with E-state index in [1.54, 1.807) is 21.3 Å². The zero-order valence-corrected chi connectivity index (χ0v) is 26.9. The van der Waals surface area contributed by atoms with Crippen LogP contribution in [0.25, 0.3) is 0 Å². The second-order valence-electron chi connectivity index (χ2n) is 12.1. The second-order valence-corrected chi connectivity index (χ2v) is 12.1. The number of nitrogens with one attached hydrogen (secondary N) is 1. The van der Waals surface area contributed by atoms with E-state index in [-0.39, 0.29) is 23.6 Å². The fraction of sp³-hybridized carbons (Fsp3) is 0.351. The maximum Gasteiger partial charge on any atom is 0.208 e. The van der Waals surface area contributed by atoms with Gasteiger partial charge in [-0.3, -0.25) is 4.90 Å². The van der Waals surface area contributed by atoms with Crippen molar-refractivity contribution in [2.75, 3.05) is 48.6 Å². The van der Waals surface area contributed by atoms with Crippen molar-refractivity contribution >= 4 is 0 Å². The van der Waals surface area contributed by atoms with Crippen LogP contribution in [0.2, 0.25) is 0 Å². The number of fused-ring (bicyclic) bond motifs is 2. The minimum atomic E-state index is -0.216. The lowest BCUT2D eigenvalue weighted by Crippen LogP contribution is -2.33. The first-order valence-electron chi connectivity index (χ1n) is 15.7. The summed E-state index contributed by atoms with van der Waals surface area (Å²) in [6.07, 6.45) is 2.90. The van der Waals surface area contributed by atoms with E-state index < -0.39 is 0 Å². The normalized spacial score (nSPS) is 18.7. The quantitative estimate of drug-likeness (QED) is 0.263. The van der Waals surface area contributed by atoms with Crippen molar-refractivity contribution in [3.05, 3.63) is 88.0 Å². The van der Waals surface area contributed by atoms with Gasteiger partial charge in [0.15, 0.2) is 34.5 Å². The number of hydrogen-bond acceptors (Lipinski definition) is 9. The lowest BCUT2D eigenvalue weighted by atomic mass is 9.87. The molecule has 0 aromatic heterocycles. The Morgan fingerprint density at radius 2 is 1.52 bits per heavy atom. The summed E-state index contributed by atoms with van der Waals surface area (Å²) in [4.78, 5) is 2.39. The highest BCUT2D eigenvalue weighted by Crippen LogP contribution is 2.55. The molecule has 4 aliphatic heterocycles. The third-order valence-corrected chi connectivity index (χ3v) is 9.52. The van der Waals surface area contributed by atoms with Crippen LogP contribution in [0.4, 0.5) is 0 Å². The van der Waals surface area contributed by atoms with Gasteiger partial charge in [-0.05, 0) is 97.9 Å². The SMILES string of the molecule is COc1ccc2cc1Oc1ccc(cc1)C[C@H]1c3cc(c(OC)cc3CCN1C)Oc1c(OC)c(OC)c(O)c3c1[C@H](C2)NCC3. The topological polar surface area (TPSA) is 90.9 Å². The van der Waals surface area contributed by atoms with Crippen LogP contribution in [0.3, 0.4) is 0 Å². The van der Waals surface area contributed by atoms with E-state index in [0.29, 0.717) is 53.9 Å². The van der Waals surface area contributed by atoms with Crippen molar-refractivity contribution in [1.82, 2.24) is 10.2 Å². The van der Waals surface area contributed by atoms with Crippen LogP contribution in [0, 0.1) is 0 Å². The molecule has 0 aliphatic carbocycles. The predicted octanol–water partition coefficient (Wildman–Crippen LogP) is 6.53. The Balaban J connectivity index is 1.47. The van der Waals surface area contributed by atoms with Crippen LogP contribution in [0.1, 0.15) is 45.5 Å². The molecule has 0 saturated heterocycles. The van der Waals surface area contributed by atoms with Gasteiger partial charge in [-0.2, -0.15) is 0 Å². The van der Waals surface area contributed by atoms with Gasteiger partial charge in [0.2, 0.25) is 11.5 Å². The van der Waals surface area contributed by atoms with Crippen molar-refractivity contribution in [2.45, 2.75) is 37.8 Å². The van der Waals surface area contributed by atoms with E-state index in [4.69, 9.17) is 28.4 Å². The number of phenolic OH excluding ortho intramolecular Hbond substituents is 1. The summed E-state index contributed by atoms with van der Waals surface area (Å²) >= 11 is 0. The number of ether oxygens (including phenoxy) is 6. The Labute approximate surface area is 269 Å². The molecule has 4 aromatic rings. The molecule has 9 heteroatoms. The molecule has 6 bridgehead atoms. The molecule has 2 N–H and O–H groups in total. The van der Waals surface area contributed by atoms with Gasteiger partial charge >= 0.3 is 0 Å². The number of benzene rings is 4. The summed E-state index contributed by atoms with van der Waals surface area (Å²) in [6.45, 7) is 1.60. The largest absolute Gasteiger partial charge is 0.504 e. The Morgan fingerprint density at radius 1 is 0.783 bits per heavy atom. The van der Waals surface area contributed by atoms with Crippen LogP contribution in [0.15, 0.2) is 54.6 Å². The average Bonchev–Trinajstić information content (AvgIpc) is 3.07. The first-order valence-corrected chi connectivity index (χ1v) is 15.7. The molecular weight excluding hydrogens is 584 g/mol. The predicted molar refractivity (Wildman–Crippen MR) is 175 cm³/mol. The van der Waals surface area contributed by atoms with Crippen molar-refractivity contribution < 1.29 is 33.5 Å². The van der Waals surface area contributed by atoms with Gasteiger partial charge in [0, 0.05) is 29.8 Å². The summed E-state index contributed by atoms with van der Waals surface area (Å²) < 4.78 is 36.5. The van der Waals surface area contributed by atoms with Crippen LogP contribution >= 0.6 is 0 Å². The molecule has 8 rings (SSSR count). The minimum Gasteiger partial charge on any atom is -0.504 e. The molecule has 0 radical (unpaired) electrons. The second kappa shape index (κ2) is 12.3. The van der Waals surface area contributed by atoms with E-state index in [1.165, 1.54) is 23.8 Å². The van der Waals surface area contributed by atoms with E-state index in [0.717, 1.165) is 41.8 Å². The molecule has 4 heterocycles. The van der Waals surface area contributed by atoms with Crippen LogP contribution in [0.5, 0.6) is 51.7 Å². The number of aromatic hydroxyl groups is 1. The maximum atomic E-state index is 11.5. The number of methoxy groups -OCH3 is 4. The van der Waals surface area contributed by atoms with Gasteiger partial charge in [0.25, 0.3) is 0 Å². The summed E-state index contributed by atoms with van der Waals surface area (Å²) in [5.74, 6) is 4.37. The molecule has 46 heavy (non-hydrogen) atoms. The van der Waals surface area contributed by atoms with Crippen LogP contribution in [-0.4, -0.2) is 58.6 Å². The minimum absolute atomic E-state index is 0.0659. The summed E-state index contributed by atoms with van der Waals surface area (Å²) in [7, 11) is 8.57. The van der Waals surface area contributed by atoms with Gasteiger partial charge in [0.1, 0.15) is 5.75 Å². The highest BCUT2D eigenvalue weighted by Gasteiger charge is 2.35. The number of likely N-dealkylation sites (N-methyl/N-ethyl adjacent to an activating group) is 1. The Hall–Kier alpha value is -4.60. The smallest absolute Gasteiger partial charge is 0.208 e. The van der Waals surface area contributed by atoms with E-state index in [1.807, 2.05) is 30.3 Å². The lowest BCUT2D eigenvalue weighted by Gasteiger charge is -2.36. The Morgan fingerprint density at radius 3 is 2.26 bits per heavy atom. The molecule has 0 unspecified atom stereocenters. The first-order chi connectivity index (χ1) is 22.4. The van der Waals surface area contributed by atoms with Gasteiger partial charge in [-0.25, -0.2) is 0 Å². The van der Waals surface area contributed by atoms with Gasteiger partial charge in [0.05, 0.1) is 28.4 Å². The van der Waals surface area contributed by atoms with E-state index in [9.17, 15) is 5.11 Å². The standard InChI is InChI=1S/C37H40N2O7/c1-39-15-13-23-19-30(42-3)32-20-26(23)28(39)17-21-6-9-24(10-7-21)45-31-18-22(8-11-29(31)41-2)16-27-33-25(12-14-38-27)34(40)36(43-4)37(44-5)35(33)46-32/h6-11,18-20,27-28,38,40H,12-17H2,1-5H3/t27-,28-/m0/s1. The van der Waals surface area contributed by atoms with E-state index in [2.05, 4.69) is 41.5 Å². The van der Waals surface area contributed by atoms with Gasteiger partial charge < -0.3 is 38.8 Å². The number of rotatable bonds is 4. The fourth-order valence-electron chi connectivity index (χ4n) is 7.14. The molecule has 0 saturated carbocycles. The van der Waals surface area contributed by atoms with Crippen molar-refractivity contribution in [3.63, 3.8) is 0 Å². The van der Waals surface area contributed by atoms with Crippen molar-refractivity contribution in [1.29, 1.82) is 0 Å². The first kappa shape index (κ1) is 30.1. The van der Waals surface area contributed by atoms with Crippen LogP contribution in [-0.2, 0) is 25.7 Å². The molecule has 2 atom stereocenters. The number of nitrogens with zero attached hydrogens (tertiary/aromatic N) is 1. The Bertz CT molecular complexity index is 1770. The monoisotopic (exact) mass is 624 g/mol. The van der Waals surface area contributed by atoms with Crippen molar-refractivity contribution in [3.8, 4) is 51.7 Å². The number of hydrogen-bond donors (Lipinski definition) is 2. The summed E-state index contributed by atoms with van der Waals surface area (Å²) in [5, 5.41) is 15.1. The summed E-state index contributed by atoms with van der Waals surface area (Å²) in [5.41, 5.74) is 6.25. The molecule has 240 valence electrons. The zero-order chi connectivity index (χ0) is 31.9.